The third kappa shape index (κ3) is 2.83. The molecule has 0 unspecified atom stereocenters. The summed E-state index contributed by atoms with van der Waals surface area (Å²) in [6, 6.07) is 6.15. The lowest BCUT2D eigenvalue weighted by Gasteiger charge is -2.42. The largest absolute Gasteiger partial charge is 0.375 e. The van der Waals surface area contributed by atoms with E-state index in [9.17, 15) is 13.2 Å². The van der Waals surface area contributed by atoms with Crippen molar-refractivity contribution in [2.45, 2.75) is 49.6 Å². The Balaban J connectivity index is 1.89. The third-order valence-corrected chi connectivity index (χ3v) is 6.49. The summed E-state index contributed by atoms with van der Waals surface area (Å²) in [4.78, 5) is 11.6. The van der Waals surface area contributed by atoms with Crippen molar-refractivity contribution in [2.75, 3.05) is 13.2 Å². The van der Waals surface area contributed by atoms with Gasteiger partial charge in [0.25, 0.3) is 0 Å². The van der Waals surface area contributed by atoms with Gasteiger partial charge in [-0.15, -0.1) is 0 Å². The number of hydrogen-bond donors (Lipinski definition) is 0. The highest BCUT2D eigenvalue weighted by molar-refractivity contribution is 7.89. The van der Waals surface area contributed by atoms with Gasteiger partial charge in [0.05, 0.1) is 23.6 Å². The molecule has 2 fully saturated rings. The maximum Gasteiger partial charge on any atom is 0.243 e. The molecule has 120 valence electrons. The van der Waals surface area contributed by atoms with E-state index in [4.69, 9.17) is 4.74 Å². The van der Waals surface area contributed by atoms with Gasteiger partial charge in [0.15, 0.2) is 5.78 Å². The number of fused-ring (bicyclic) bond motifs is 1. The standard InChI is InChI=1S/C16H21NO4S/c1-12(18)13-6-8-14(9-7-13)22(19,20)17-10-11-21-16-5-3-2-4-15(16)17/h6-9,15-16H,2-5,10-11H2,1H3/t15-,16+/m1/s1. The van der Waals surface area contributed by atoms with Gasteiger partial charge in [-0.05, 0) is 31.9 Å². The first-order chi connectivity index (χ1) is 10.5. The number of carbonyl (C=O) groups is 1. The second kappa shape index (κ2) is 6.10. The van der Waals surface area contributed by atoms with E-state index in [1.54, 1.807) is 16.4 Å². The van der Waals surface area contributed by atoms with Crippen LogP contribution in [0.4, 0.5) is 0 Å². The number of sulfonamides is 1. The Labute approximate surface area is 131 Å². The predicted octanol–water partition coefficient (Wildman–Crippen LogP) is 2.22. The van der Waals surface area contributed by atoms with E-state index in [0.29, 0.717) is 18.7 Å². The quantitative estimate of drug-likeness (QED) is 0.800. The summed E-state index contributed by atoms with van der Waals surface area (Å²) in [6.07, 6.45) is 3.95. The van der Waals surface area contributed by atoms with Crippen LogP contribution in [0, 0.1) is 0 Å². The van der Waals surface area contributed by atoms with Crippen molar-refractivity contribution in [3.8, 4) is 0 Å². The minimum atomic E-state index is -3.53. The zero-order chi connectivity index (χ0) is 15.7. The lowest BCUT2D eigenvalue weighted by Crippen LogP contribution is -2.54. The number of Topliss-reactive ketones (excluding diaryl/α,β-unsaturated/α-hetero) is 1. The summed E-state index contributed by atoms with van der Waals surface area (Å²) in [5.41, 5.74) is 0.525. The van der Waals surface area contributed by atoms with E-state index in [-0.39, 0.29) is 22.8 Å². The second-order valence-corrected chi connectivity index (χ2v) is 7.85. The lowest BCUT2D eigenvalue weighted by atomic mass is 9.91. The van der Waals surface area contributed by atoms with Crippen molar-refractivity contribution in [3.63, 3.8) is 0 Å². The van der Waals surface area contributed by atoms with E-state index in [2.05, 4.69) is 0 Å². The molecule has 3 rings (SSSR count). The van der Waals surface area contributed by atoms with Crippen molar-refractivity contribution in [2.24, 2.45) is 0 Å². The number of carbonyl (C=O) groups excluding carboxylic acids is 1. The number of ether oxygens (including phenoxy) is 1. The van der Waals surface area contributed by atoms with Crippen LogP contribution < -0.4 is 0 Å². The van der Waals surface area contributed by atoms with Crippen molar-refractivity contribution in [1.29, 1.82) is 0 Å². The molecule has 0 radical (unpaired) electrons. The molecule has 0 bridgehead atoms. The van der Waals surface area contributed by atoms with Crippen LogP contribution in [0.1, 0.15) is 43.0 Å². The van der Waals surface area contributed by atoms with Crippen molar-refractivity contribution in [3.05, 3.63) is 29.8 Å². The monoisotopic (exact) mass is 323 g/mol. The summed E-state index contributed by atoms with van der Waals surface area (Å²) >= 11 is 0. The van der Waals surface area contributed by atoms with Gasteiger partial charge in [-0.3, -0.25) is 4.79 Å². The van der Waals surface area contributed by atoms with Gasteiger partial charge >= 0.3 is 0 Å². The number of rotatable bonds is 3. The Bertz CT molecular complexity index is 651. The summed E-state index contributed by atoms with van der Waals surface area (Å²) < 4.78 is 33.2. The van der Waals surface area contributed by atoms with E-state index < -0.39 is 10.0 Å². The van der Waals surface area contributed by atoms with Gasteiger partial charge in [0.1, 0.15) is 0 Å². The van der Waals surface area contributed by atoms with Crippen molar-refractivity contribution >= 4 is 15.8 Å². The fourth-order valence-corrected chi connectivity index (χ4v) is 5.02. The van der Waals surface area contributed by atoms with Gasteiger partial charge in [-0.1, -0.05) is 25.0 Å². The zero-order valence-corrected chi connectivity index (χ0v) is 13.5. The molecule has 0 amide bonds. The highest BCUT2D eigenvalue weighted by Gasteiger charge is 2.40. The summed E-state index contributed by atoms with van der Waals surface area (Å²) in [5, 5.41) is 0. The SMILES string of the molecule is CC(=O)c1ccc(S(=O)(=O)N2CCO[C@H]3CCCC[C@H]32)cc1. The van der Waals surface area contributed by atoms with Crippen LogP contribution in [0.3, 0.4) is 0 Å². The van der Waals surface area contributed by atoms with Crippen molar-refractivity contribution < 1.29 is 17.9 Å². The zero-order valence-electron chi connectivity index (χ0n) is 12.7. The molecule has 1 heterocycles. The fourth-order valence-electron chi connectivity index (χ4n) is 3.36. The first-order valence-electron chi connectivity index (χ1n) is 7.74. The van der Waals surface area contributed by atoms with Gasteiger partial charge in [-0.2, -0.15) is 4.31 Å². The van der Waals surface area contributed by atoms with Gasteiger partial charge in [0, 0.05) is 12.1 Å². The fraction of sp³-hybridized carbons (Fsp3) is 0.562. The third-order valence-electron chi connectivity index (χ3n) is 4.55. The summed E-state index contributed by atoms with van der Waals surface area (Å²) in [7, 11) is -3.53. The second-order valence-electron chi connectivity index (χ2n) is 5.96. The minimum Gasteiger partial charge on any atom is -0.375 e. The van der Waals surface area contributed by atoms with Crippen LogP contribution in [-0.4, -0.2) is 43.8 Å². The maximum absolute atomic E-state index is 12.9. The Morgan fingerprint density at radius 2 is 1.86 bits per heavy atom. The highest BCUT2D eigenvalue weighted by Crippen LogP contribution is 2.32. The van der Waals surface area contributed by atoms with Gasteiger partial charge in [-0.25, -0.2) is 8.42 Å². The molecule has 0 N–H and O–H groups in total. The predicted molar refractivity (Wildman–Crippen MR) is 82.3 cm³/mol. The Morgan fingerprint density at radius 3 is 2.55 bits per heavy atom. The highest BCUT2D eigenvalue weighted by atomic mass is 32.2. The molecular weight excluding hydrogens is 302 g/mol. The van der Waals surface area contributed by atoms with E-state index in [1.807, 2.05) is 0 Å². The molecule has 6 heteroatoms. The number of ketones is 1. The lowest BCUT2D eigenvalue weighted by molar-refractivity contribution is -0.0586. The molecule has 1 aromatic rings. The van der Waals surface area contributed by atoms with E-state index in [1.165, 1.54) is 19.1 Å². The van der Waals surface area contributed by atoms with Gasteiger partial charge in [0.2, 0.25) is 10.0 Å². The number of benzene rings is 1. The summed E-state index contributed by atoms with van der Waals surface area (Å²) in [6.45, 7) is 2.32. The maximum atomic E-state index is 12.9. The van der Waals surface area contributed by atoms with E-state index >= 15 is 0 Å². The smallest absolute Gasteiger partial charge is 0.243 e. The van der Waals surface area contributed by atoms with Crippen molar-refractivity contribution in [1.82, 2.24) is 4.31 Å². The van der Waals surface area contributed by atoms with Crippen LogP contribution in [-0.2, 0) is 14.8 Å². The number of hydrogen-bond acceptors (Lipinski definition) is 4. The Hall–Kier alpha value is -1.24. The number of nitrogens with zero attached hydrogens (tertiary/aromatic N) is 1. The first-order valence-corrected chi connectivity index (χ1v) is 9.18. The Morgan fingerprint density at radius 1 is 1.18 bits per heavy atom. The molecule has 22 heavy (non-hydrogen) atoms. The summed E-state index contributed by atoms with van der Waals surface area (Å²) in [5.74, 6) is -0.0670. The normalized spacial score (nSPS) is 26.4. The molecule has 1 aromatic carbocycles. The molecule has 1 aliphatic carbocycles. The van der Waals surface area contributed by atoms with Gasteiger partial charge < -0.3 is 4.74 Å². The van der Waals surface area contributed by atoms with Crippen LogP contribution in [0.15, 0.2) is 29.2 Å². The van der Waals surface area contributed by atoms with Crippen LogP contribution in [0.2, 0.25) is 0 Å². The minimum absolute atomic E-state index is 0.0220. The average Bonchev–Trinajstić information content (AvgIpc) is 2.54. The van der Waals surface area contributed by atoms with Crippen LogP contribution in [0.25, 0.3) is 0 Å². The molecule has 1 saturated carbocycles. The molecule has 5 nitrogen and oxygen atoms in total. The van der Waals surface area contributed by atoms with Crippen LogP contribution in [0.5, 0.6) is 0 Å². The number of morpholine rings is 1. The topological polar surface area (TPSA) is 63.7 Å². The molecule has 2 aliphatic rings. The molecule has 2 atom stereocenters. The average molecular weight is 323 g/mol. The first kappa shape index (κ1) is 15.6. The molecular formula is C16H21NO4S. The molecule has 1 aliphatic heterocycles. The van der Waals surface area contributed by atoms with Crippen LogP contribution >= 0.6 is 0 Å². The molecule has 0 aromatic heterocycles. The van der Waals surface area contributed by atoms with E-state index in [0.717, 1.165) is 25.7 Å². The molecule has 1 saturated heterocycles. The Kier molecular flexibility index (Phi) is 4.34. The molecule has 0 spiro atoms.